The Morgan fingerprint density at radius 2 is 1.84 bits per heavy atom. The molecule has 4 N–H and O–H groups in total. The number of halogens is 3. The predicted molar refractivity (Wildman–Crippen MR) is 62.5 cm³/mol. The first-order valence-corrected chi connectivity index (χ1v) is 5.31. The fourth-order valence-corrected chi connectivity index (χ4v) is 1.26. The number of carbonyl (C=O) groups excluding carboxylic acids is 2. The van der Waals surface area contributed by atoms with Crippen LogP contribution in [-0.4, -0.2) is 31.1 Å². The van der Waals surface area contributed by atoms with Crippen molar-refractivity contribution in [1.82, 2.24) is 5.32 Å². The molecular weight excluding hydrogens is 263 g/mol. The fourth-order valence-electron chi connectivity index (χ4n) is 1.26. The first kappa shape index (κ1) is 15.0. The van der Waals surface area contributed by atoms with Crippen LogP contribution >= 0.6 is 0 Å². The predicted octanol–water partition coefficient (Wildman–Crippen LogP) is 0.876. The summed E-state index contributed by atoms with van der Waals surface area (Å²) >= 11 is 0. The Balaban J connectivity index is 2.90. The number of anilines is 1. The van der Waals surface area contributed by atoms with Gasteiger partial charge in [-0.2, -0.15) is 13.2 Å². The van der Waals surface area contributed by atoms with Gasteiger partial charge in [-0.3, -0.25) is 9.59 Å². The second-order valence-electron chi connectivity index (χ2n) is 3.54. The number of alkyl halides is 3. The van der Waals surface area contributed by atoms with Gasteiger partial charge in [0.05, 0.1) is 11.3 Å². The molecule has 0 atom stereocenters. The lowest BCUT2D eigenvalue weighted by molar-refractivity contribution is -0.167. The number of amides is 2. The molecule has 8 heteroatoms. The van der Waals surface area contributed by atoms with E-state index in [1.165, 1.54) is 24.3 Å². The van der Waals surface area contributed by atoms with Gasteiger partial charge in [0.2, 0.25) is 0 Å². The van der Waals surface area contributed by atoms with E-state index >= 15 is 0 Å². The summed E-state index contributed by atoms with van der Waals surface area (Å²) in [5, 5.41) is 4.06. The van der Waals surface area contributed by atoms with Crippen molar-refractivity contribution in [3.8, 4) is 0 Å². The SMILES string of the molecule is NCCNC(=O)c1ccccc1NC(=O)C(F)(F)F. The number of nitrogens with two attached hydrogens (primary N) is 1. The lowest BCUT2D eigenvalue weighted by Crippen LogP contribution is -2.33. The highest BCUT2D eigenvalue weighted by molar-refractivity contribution is 6.04. The molecule has 0 aliphatic rings. The van der Waals surface area contributed by atoms with Gasteiger partial charge in [0.1, 0.15) is 0 Å². The largest absolute Gasteiger partial charge is 0.471 e. The fraction of sp³-hybridized carbons (Fsp3) is 0.273. The molecule has 1 aromatic carbocycles. The third-order valence-corrected chi connectivity index (χ3v) is 2.11. The van der Waals surface area contributed by atoms with Crippen LogP contribution < -0.4 is 16.4 Å². The van der Waals surface area contributed by atoms with Crippen LogP contribution in [0.4, 0.5) is 18.9 Å². The first-order valence-electron chi connectivity index (χ1n) is 5.31. The number of hydrogen-bond acceptors (Lipinski definition) is 3. The van der Waals surface area contributed by atoms with Gasteiger partial charge in [0.25, 0.3) is 5.91 Å². The summed E-state index contributed by atoms with van der Waals surface area (Å²) in [5.74, 6) is -2.74. The number of rotatable bonds is 4. The number of para-hydroxylation sites is 1. The Morgan fingerprint density at radius 3 is 2.42 bits per heavy atom. The summed E-state index contributed by atoms with van der Waals surface area (Å²) in [7, 11) is 0. The second-order valence-corrected chi connectivity index (χ2v) is 3.54. The van der Waals surface area contributed by atoms with E-state index in [1.54, 1.807) is 5.32 Å². The van der Waals surface area contributed by atoms with Crippen LogP contribution in [0.5, 0.6) is 0 Å². The zero-order valence-electron chi connectivity index (χ0n) is 9.75. The van der Waals surface area contributed by atoms with E-state index in [0.717, 1.165) is 0 Å². The molecule has 0 bridgehead atoms. The summed E-state index contributed by atoms with van der Waals surface area (Å²) in [6, 6.07) is 5.39. The van der Waals surface area contributed by atoms with Crippen molar-refractivity contribution < 1.29 is 22.8 Å². The molecule has 1 aromatic rings. The van der Waals surface area contributed by atoms with Crippen molar-refractivity contribution >= 4 is 17.5 Å². The van der Waals surface area contributed by atoms with Gasteiger partial charge >= 0.3 is 12.1 Å². The summed E-state index contributed by atoms with van der Waals surface area (Å²) in [6.07, 6.45) is -5.01. The van der Waals surface area contributed by atoms with Crippen LogP contribution in [0.15, 0.2) is 24.3 Å². The standard InChI is InChI=1S/C11H12F3N3O2/c12-11(13,14)10(19)17-8-4-2-1-3-7(8)9(18)16-6-5-15/h1-4H,5-6,15H2,(H,16,18)(H,17,19). The van der Waals surface area contributed by atoms with Gasteiger partial charge in [0.15, 0.2) is 0 Å². The van der Waals surface area contributed by atoms with Crippen molar-refractivity contribution in [2.75, 3.05) is 18.4 Å². The van der Waals surface area contributed by atoms with Gasteiger partial charge in [-0.15, -0.1) is 0 Å². The monoisotopic (exact) mass is 275 g/mol. The molecule has 5 nitrogen and oxygen atoms in total. The molecule has 0 aliphatic heterocycles. The van der Waals surface area contributed by atoms with Crippen LogP contribution in [0.1, 0.15) is 10.4 Å². The second kappa shape index (κ2) is 6.19. The first-order chi connectivity index (χ1) is 8.86. The highest BCUT2D eigenvalue weighted by Crippen LogP contribution is 2.20. The van der Waals surface area contributed by atoms with E-state index in [2.05, 4.69) is 5.32 Å². The van der Waals surface area contributed by atoms with E-state index < -0.39 is 18.0 Å². The van der Waals surface area contributed by atoms with Crippen molar-refractivity contribution in [2.45, 2.75) is 6.18 Å². The summed E-state index contributed by atoms with van der Waals surface area (Å²) in [6.45, 7) is 0.378. The van der Waals surface area contributed by atoms with Gasteiger partial charge in [-0.1, -0.05) is 12.1 Å². The Labute approximate surface area is 107 Å². The van der Waals surface area contributed by atoms with E-state index in [4.69, 9.17) is 5.73 Å². The van der Waals surface area contributed by atoms with Crippen LogP contribution in [0.25, 0.3) is 0 Å². The molecule has 104 valence electrons. The van der Waals surface area contributed by atoms with Crippen molar-refractivity contribution in [2.24, 2.45) is 5.73 Å². The zero-order valence-corrected chi connectivity index (χ0v) is 9.75. The van der Waals surface area contributed by atoms with E-state index in [0.29, 0.717) is 0 Å². The Bertz CT molecular complexity index is 474. The molecule has 0 aromatic heterocycles. The highest BCUT2D eigenvalue weighted by atomic mass is 19.4. The number of hydrogen-bond donors (Lipinski definition) is 3. The number of nitrogens with one attached hydrogen (secondary N) is 2. The molecule has 0 aliphatic carbocycles. The molecule has 0 fully saturated rings. The average Bonchev–Trinajstić information content (AvgIpc) is 2.35. The van der Waals surface area contributed by atoms with Gasteiger partial charge in [-0.05, 0) is 12.1 Å². The van der Waals surface area contributed by atoms with Crippen molar-refractivity contribution in [3.63, 3.8) is 0 Å². The maximum absolute atomic E-state index is 12.1. The molecule has 0 unspecified atom stereocenters. The molecule has 19 heavy (non-hydrogen) atoms. The Kier molecular flexibility index (Phi) is 4.87. The van der Waals surface area contributed by atoms with Gasteiger partial charge in [0, 0.05) is 13.1 Å². The normalized spacial score (nSPS) is 10.9. The van der Waals surface area contributed by atoms with Crippen molar-refractivity contribution in [3.05, 3.63) is 29.8 Å². The Morgan fingerprint density at radius 1 is 1.21 bits per heavy atom. The average molecular weight is 275 g/mol. The summed E-state index contributed by atoms with van der Waals surface area (Å²) < 4.78 is 36.4. The summed E-state index contributed by atoms with van der Waals surface area (Å²) in [4.78, 5) is 22.5. The molecule has 0 radical (unpaired) electrons. The van der Waals surface area contributed by atoms with E-state index in [9.17, 15) is 22.8 Å². The molecule has 0 heterocycles. The minimum atomic E-state index is -5.01. The van der Waals surface area contributed by atoms with Crippen LogP contribution in [0, 0.1) is 0 Å². The molecule has 0 spiro atoms. The van der Waals surface area contributed by atoms with E-state index in [1.807, 2.05) is 0 Å². The molecule has 0 saturated heterocycles. The third-order valence-electron chi connectivity index (χ3n) is 2.11. The maximum Gasteiger partial charge on any atom is 0.471 e. The smallest absolute Gasteiger partial charge is 0.351 e. The van der Waals surface area contributed by atoms with Gasteiger partial charge < -0.3 is 16.4 Å². The van der Waals surface area contributed by atoms with Gasteiger partial charge in [-0.25, -0.2) is 0 Å². The maximum atomic E-state index is 12.1. The highest BCUT2D eigenvalue weighted by Gasteiger charge is 2.39. The lowest BCUT2D eigenvalue weighted by Gasteiger charge is -2.12. The van der Waals surface area contributed by atoms with Crippen LogP contribution in [0.3, 0.4) is 0 Å². The van der Waals surface area contributed by atoms with Crippen LogP contribution in [-0.2, 0) is 4.79 Å². The topological polar surface area (TPSA) is 84.2 Å². The van der Waals surface area contributed by atoms with Crippen LogP contribution in [0.2, 0.25) is 0 Å². The molecule has 2 amide bonds. The zero-order chi connectivity index (χ0) is 14.5. The molecule has 0 saturated carbocycles. The Hall–Kier alpha value is -2.09. The minimum absolute atomic E-state index is 0.0615. The quantitative estimate of drug-likeness (QED) is 0.762. The summed E-state index contributed by atoms with van der Waals surface area (Å²) in [5.41, 5.74) is 4.93. The molecule has 1 rings (SSSR count). The lowest BCUT2D eigenvalue weighted by atomic mass is 10.1. The third kappa shape index (κ3) is 4.25. The van der Waals surface area contributed by atoms with Crippen molar-refractivity contribution in [1.29, 1.82) is 0 Å². The molecular formula is C11H12F3N3O2. The number of benzene rings is 1. The minimum Gasteiger partial charge on any atom is -0.351 e. The number of carbonyl (C=O) groups is 2. The van der Waals surface area contributed by atoms with E-state index in [-0.39, 0.29) is 24.3 Å².